The van der Waals surface area contributed by atoms with Crippen LogP contribution >= 0.6 is 0 Å². The van der Waals surface area contributed by atoms with Gasteiger partial charge in [0.2, 0.25) is 0 Å². The van der Waals surface area contributed by atoms with Gasteiger partial charge in [0.05, 0.1) is 30.2 Å². The molecule has 0 unspecified atom stereocenters. The Morgan fingerprint density at radius 2 is 1.68 bits per heavy atom. The van der Waals surface area contributed by atoms with Crippen molar-refractivity contribution in [3.8, 4) is 0 Å². The quantitative estimate of drug-likeness (QED) is 0.536. The van der Waals surface area contributed by atoms with Crippen LogP contribution in [0.1, 0.15) is 60.4 Å². The Kier molecular flexibility index (Phi) is 8.02. The first-order valence-electron chi connectivity index (χ1n) is 13.5. The topological polar surface area (TPSA) is 67.2 Å². The van der Waals surface area contributed by atoms with Crippen LogP contribution in [0.15, 0.2) is 34.7 Å². The normalized spacial score (nSPS) is 21.4. The highest BCUT2D eigenvalue weighted by Gasteiger charge is 2.35. The molecule has 3 aliphatic heterocycles. The van der Waals surface area contributed by atoms with Crippen LogP contribution in [-0.2, 0) is 15.7 Å². The molecule has 38 heavy (non-hydrogen) atoms. The van der Waals surface area contributed by atoms with E-state index < -0.39 is 17.6 Å². The van der Waals surface area contributed by atoms with Gasteiger partial charge in [0, 0.05) is 51.9 Å². The Hall–Kier alpha value is -2.56. The number of benzene rings is 1. The molecular weight excluding hydrogens is 499 g/mol. The number of ether oxygens (including phenoxy) is 2. The number of alkyl halides is 3. The zero-order chi connectivity index (χ0) is 26.8. The maximum Gasteiger partial charge on any atom is 0.416 e. The Balaban J connectivity index is 1.30. The molecule has 4 heterocycles. The number of halogens is 3. The minimum Gasteiger partial charge on any atom is -0.456 e. The Morgan fingerprint density at radius 1 is 1.00 bits per heavy atom. The molecule has 10 heteroatoms. The summed E-state index contributed by atoms with van der Waals surface area (Å²) in [6, 6.07) is 6.95. The minimum atomic E-state index is -4.52. The van der Waals surface area contributed by atoms with E-state index in [4.69, 9.17) is 13.9 Å². The molecule has 5 rings (SSSR count). The summed E-state index contributed by atoms with van der Waals surface area (Å²) in [5.74, 6) is 0.414. The molecule has 0 spiro atoms. The third-order valence-electron chi connectivity index (χ3n) is 8.07. The van der Waals surface area contributed by atoms with Crippen LogP contribution in [0.2, 0.25) is 0 Å². The number of carbonyl (C=O) groups is 1. The number of furan rings is 1. The van der Waals surface area contributed by atoms with Gasteiger partial charge in [-0.3, -0.25) is 9.69 Å². The number of anilines is 2. The van der Waals surface area contributed by atoms with Crippen LogP contribution in [0.25, 0.3) is 0 Å². The van der Waals surface area contributed by atoms with Crippen molar-refractivity contribution in [3.63, 3.8) is 0 Å². The third-order valence-corrected chi connectivity index (χ3v) is 8.07. The first kappa shape index (κ1) is 27.0. The van der Waals surface area contributed by atoms with E-state index in [9.17, 15) is 18.0 Å². The van der Waals surface area contributed by atoms with E-state index in [0.29, 0.717) is 37.8 Å². The lowest BCUT2D eigenvalue weighted by molar-refractivity contribution is -0.137. The number of hydrogen-bond acceptors (Lipinski definition) is 6. The summed E-state index contributed by atoms with van der Waals surface area (Å²) in [7, 11) is 0. The summed E-state index contributed by atoms with van der Waals surface area (Å²) in [4.78, 5) is 17.6. The lowest BCUT2D eigenvalue weighted by Gasteiger charge is -2.44. The van der Waals surface area contributed by atoms with Crippen LogP contribution in [0.5, 0.6) is 0 Å². The Labute approximate surface area is 221 Å². The van der Waals surface area contributed by atoms with Gasteiger partial charge in [-0.05, 0) is 61.4 Å². The fourth-order valence-corrected chi connectivity index (χ4v) is 5.69. The van der Waals surface area contributed by atoms with E-state index in [1.54, 1.807) is 12.1 Å². The average Bonchev–Trinajstić information content (AvgIpc) is 3.41. The molecule has 0 atom stereocenters. The molecule has 1 amide bonds. The second-order valence-corrected chi connectivity index (χ2v) is 11.0. The summed E-state index contributed by atoms with van der Waals surface area (Å²) in [5.41, 5.74) is 0.0624. The van der Waals surface area contributed by atoms with Crippen LogP contribution in [0, 0.1) is 5.41 Å². The number of hydrogen-bond donors (Lipinski definition) is 1. The van der Waals surface area contributed by atoms with E-state index in [-0.39, 0.29) is 22.8 Å². The number of morpholine rings is 1. The lowest BCUT2D eigenvalue weighted by atomic mass is 9.79. The molecule has 0 bridgehead atoms. The van der Waals surface area contributed by atoms with Gasteiger partial charge in [-0.25, -0.2) is 0 Å². The molecule has 0 saturated carbocycles. The van der Waals surface area contributed by atoms with Gasteiger partial charge in [-0.15, -0.1) is 0 Å². The number of nitrogens with one attached hydrogen (secondary N) is 1. The largest absolute Gasteiger partial charge is 0.456 e. The number of rotatable bonds is 6. The van der Waals surface area contributed by atoms with Gasteiger partial charge < -0.3 is 24.1 Å². The maximum atomic E-state index is 13.6. The molecule has 1 aromatic carbocycles. The number of nitrogens with zero attached hydrogens (tertiary/aromatic N) is 2. The Morgan fingerprint density at radius 3 is 2.37 bits per heavy atom. The fourth-order valence-electron chi connectivity index (χ4n) is 5.69. The highest BCUT2D eigenvalue weighted by molar-refractivity contribution is 6.04. The summed E-state index contributed by atoms with van der Waals surface area (Å²) in [6.45, 7) is 9.30. The van der Waals surface area contributed by atoms with Crippen molar-refractivity contribution in [1.82, 2.24) is 4.90 Å². The van der Waals surface area contributed by atoms with Gasteiger partial charge in [-0.2, -0.15) is 13.2 Å². The minimum absolute atomic E-state index is 0.0894. The predicted molar refractivity (Wildman–Crippen MR) is 138 cm³/mol. The third kappa shape index (κ3) is 6.35. The Bertz CT molecular complexity index is 1100. The van der Waals surface area contributed by atoms with Crippen molar-refractivity contribution in [3.05, 3.63) is 47.4 Å². The molecule has 0 radical (unpaired) electrons. The van der Waals surface area contributed by atoms with Crippen molar-refractivity contribution in [2.75, 3.05) is 69.4 Å². The van der Waals surface area contributed by atoms with E-state index >= 15 is 0 Å². The lowest BCUT2D eigenvalue weighted by Crippen LogP contribution is -2.47. The standard InChI is InChI=1S/C28H36F3N3O4/c1-27(19-33-12-16-37-17-13-33)8-10-34(11-9-27)23-3-2-21(28(29,30)31)18-22(23)32-26(35)25-5-4-24(38-25)20-6-14-36-15-7-20/h2-5,18,20H,6-17,19H2,1H3,(H,32,35). The van der Waals surface area contributed by atoms with Crippen molar-refractivity contribution in [1.29, 1.82) is 0 Å². The highest BCUT2D eigenvalue weighted by Crippen LogP contribution is 2.40. The van der Waals surface area contributed by atoms with E-state index in [2.05, 4.69) is 22.0 Å². The van der Waals surface area contributed by atoms with Crippen LogP contribution < -0.4 is 10.2 Å². The van der Waals surface area contributed by atoms with Crippen molar-refractivity contribution in [2.24, 2.45) is 5.41 Å². The van der Waals surface area contributed by atoms with Crippen LogP contribution in [0.4, 0.5) is 24.5 Å². The van der Waals surface area contributed by atoms with Gasteiger partial charge in [0.15, 0.2) is 5.76 Å². The molecule has 1 N–H and O–H groups in total. The first-order chi connectivity index (χ1) is 18.2. The summed E-state index contributed by atoms with van der Waals surface area (Å²) in [5, 5.41) is 2.72. The molecule has 3 saturated heterocycles. The molecule has 7 nitrogen and oxygen atoms in total. The molecular formula is C28H36F3N3O4. The van der Waals surface area contributed by atoms with E-state index in [0.717, 1.165) is 70.7 Å². The zero-order valence-electron chi connectivity index (χ0n) is 21.8. The maximum absolute atomic E-state index is 13.6. The van der Waals surface area contributed by atoms with Crippen molar-refractivity contribution >= 4 is 17.3 Å². The average molecular weight is 536 g/mol. The SMILES string of the molecule is CC1(CN2CCOCC2)CCN(c2ccc(C(F)(F)F)cc2NC(=O)c2ccc(C3CCOCC3)o2)CC1. The molecule has 0 aliphatic carbocycles. The summed E-state index contributed by atoms with van der Waals surface area (Å²) >= 11 is 0. The second-order valence-electron chi connectivity index (χ2n) is 11.0. The molecule has 208 valence electrons. The predicted octanol–water partition coefficient (Wildman–Crippen LogP) is 5.38. The zero-order valence-corrected chi connectivity index (χ0v) is 21.8. The summed E-state index contributed by atoms with van der Waals surface area (Å²) in [6.07, 6.45) is -1.08. The summed E-state index contributed by atoms with van der Waals surface area (Å²) < 4.78 is 57.4. The molecule has 3 aliphatic rings. The number of carbonyl (C=O) groups excluding carboxylic acids is 1. The smallest absolute Gasteiger partial charge is 0.416 e. The molecule has 2 aromatic rings. The first-order valence-corrected chi connectivity index (χ1v) is 13.5. The second kappa shape index (κ2) is 11.3. The number of piperidine rings is 1. The van der Waals surface area contributed by atoms with Crippen LogP contribution in [0.3, 0.4) is 0 Å². The highest BCUT2D eigenvalue weighted by atomic mass is 19.4. The monoisotopic (exact) mass is 535 g/mol. The van der Waals surface area contributed by atoms with Crippen LogP contribution in [-0.4, -0.2) is 70.0 Å². The molecule has 1 aromatic heterocycles. The number of amides is 1. The van der Waals surface area contributed by atoms with Gasteiger partial charge in [-0.1, -0.05) is 6.92 Å². The van der Waals surface area contributed by atoms with E-state index in [1.807, 2.05) is 0 Å². The fraction of sp³-hybridized carbons (Fsp3) is 0.607. The molecule has 3 fully saturated rings. The van der Waals surface area contributed by atoms with E-state index in [1.165, 1.54) is 6.07 Å². The van der Waals surface area contributed by atoms with Crippen molar-refractivity contribution in [2.45, 2.75) is 44.7 Å². The van der Waals surface area contributed by atoms with Gasteiger partial charge in [0.1, 0.15) is 5.76 Å². The van der Waals surface area contributed by atoms with Crippen molar-refractivity contribution < 1.29 is 31.9 Å². The van der Waals surface area contributed by atoms with Gasteiger partial charge in [0.25, 0.3) is 5.91 Å². The van der Waals surface area contributed by atoms with Gasteiger partial charge >= 0.3 is 6.18 Å².